The van der Waals surface area contributed by atoms with Crippen molar-refractivity contribution >= 4 is 29.5 Å². The maximum absolute atomic E-state index is 13.5. The van der Waals surface area contributed by atoms with Gasteiger partial charge in [0, 0.05) is 11.1 Å². The zero-order chi connectivity index (χ0) is 29.2. The summed E-state index contributed by atoms with van der Waals surface area (Å²) in [6.45, 7) is 0.259. The Hall–Kier alpha value is -5.57. The number of carboxylic acid groups (broad SMARTS) is 1. The summed E-state index contributed by atoms with van der Waals surface area (Å²) in [5, 5.41) is 14.7. The topological polar surface area (TPSA) is 123 Å². The lowest BCUT2D eigenvalue weighted by Crippen LogP contribution is -2.30. The van der Waals surface area contributed by atoms with Crippen molar-refractivity contribution in [3.63, 3.8) is 0 Å². The fraction of sp³-hybridized carbons (Fsp3) is 0.0938. The molecule has 9 nitrogen and oxygen atoms in total. The Kier molecular flexibility index (Phi) is 9.35. The lowest BCUT2D eigenvalue weighted by molar-refractivity contribution is -0.113. The minimum absolute atomic E-state index is 0.0435. The fourth-order valence-corrected chi connectivity index (χ4v) is 3.89. The van der Waals surface area contributed by atoms with Crippen LogP contribution in [0.4, 0.5) is 5.69 Å². The highest BCUT2D eigenvalue weighted by molar-refractivity contribution is 6.11. The van der Waals surface area contributed by atoms with Crippen LogP contribution in [0.3, 0.4) is 0 Å². The molecule has 0 aromatic heterocycles. The summed E-state index contributed by atoms with van der Waals surface area (Å²) in [5.74, 6) is -0.868. The van der Waals surface area contributed by atoms with Gasteiger partial charge in [0.15, 0.2) is 0 Å². The average molecular weight is 553 g/mol. The van der Waals surface area contributed by atoms with Crippen LogP contribution in [-0.4, -0.2) is 37.1 Å². The molecular formula is C32H28N2O7. The van der Waals surface area contributed by atoms with E-state index in [1.807, 2.05) is 36.4 Å². The second-order valence-corrected chi connectivity index (χ2v) is 8.73. The monoisotopic (exact) mass is 552 g/mol. The van der Waals surface area contributed by atoms with E-state index >= 15 is 0 Å². The zero-order valence-corrected chi connectivity index (χ0v) is 22.4. The molecule has 0 unspecified atom stereocenters. The number of methoxy groups -OCH3 is 2. The third-order valence-corrected chi connectivity index (χ3v) is 5.98. The van der Waals surface area contributed by atoms with Gasteiger partial charge in [-0.3, -0.25) is 9.59 Å². The van der Waals surface area contributed by atoms with Crippen LogP contribution in [0.1, 0.15) is 31.8 Å². The van der Waals surface area contributed by atoms with Crippen LogP contribution >= 0.6 is 0 Å². The van der Waals surface area contributed by atoms with Crippen LogP contribution < -0.4 is 24.8 Å². The average Bonchev–Trinajstić information content (AvgIpc) is 3.00. The number of carboxylic acids is 1. The first-order valence-electron chi connectivity index (χ1n) is 12.5. The molecule has 0 saturated heterocycles. The summed E-state index contributed by atoms with van der Waals surface area (Å²) in [7, 11) is 2.93. The third-order valence-electron chi connectivity index (χ3n) is 5.98. The Morgan fingerprint density at radius 2 is 1.46 bits per heavy atom. The third kappa shape index (κ3) is 7.51. The van der Waals surface area contributed by atoms with Gasteiger partial charge in [0.05, 0.1) is 25.5 Å². The number of hydrogen-bond acceptors (Lipinski definition) is 6. The van der Waals surface area contributed by atoms with Crippen LogP contribution in [-0.2, 0) is 11.4 Å². The van der Waals surface area contributed by atoms with Gasteiger partial charge in [-0.2, -0.15) is 0 Å². The van der Waals surface area contributed by atoms with Crippen LogP contribution in [0.25, 0.3) is 6.08 Å². The predicted octanol–water partition coefficient (Wildman–Crippen LogP) is 5.39. The van der Waals surface area contributed by atoms with E-state index in [4.69, 9.17) is 14.2 Å². The largest absolute Gasteiger partial charge is 0.496 e. The Balaban J connectivity index is 1.65. The molecule has 0 radical (unpaired) electrons. The van der Waals surface area contributed by atoms with E-state index < -0.39 is 17.8 Å². The van der Waals surface area contributed by atoms with Gasteiger partial charge in [-0.15, -0.1) is 0 Å². The number of carbonyl (C=O) groups excluding carboxylic acids is 2. The first-order valence-corrected chi connectivity index (χ1v) is 12.5. The maximum atomic E-state index is 13.5. The summed E-state index contributed by atoms with van der Waals surface area (Å²) >= 11 is 0. The molecule has 0 aliphatic rings. The Morgan fingerprint density at radius 3 is 2.12 bits per heavy atom. The molecule has 0 saturated carbocycles. The molecule has 4 aromatic rings. The van der Waals surface area contributed by atoms with Gasteiger partial charge < -0.3 is 30.0 Å². The summed E-state index contributed by atoms with van der Waals surface area (Å²) in [5.41, 5.74) is 1.69. The number of carbonyl (C=O) groups is 3. The molecule has 0 aliphatic heterocycles. The second-order valence-electron chi connectivity index (χ2n) is 8.73. The molecule has 4 rings (SSSR count). The molecule has 208 valence electrons. The minimum Gasteiger partial charge on any atom is -0.496 e. The van der Waals surface area contributed by atoms with Crippen molar-refractivity contribution < 1.29 is 33.7 Å². The van der Waals surface area contributed by atoms with Crippen molar-refractivity contribution in [1.82, 2.24) is 5.32 Å². The second kappa shape index (κ2) is 13.5. The summed E-state index contributed by atoms with van der Waals surface area (Å²) in [4.78, 5) is 37.9. The van der Waals surface area contributed by atoms with Crippen molar-refractivity contribution in [2.75, 3.05) is 19.5 Å². The van der Waals surface area contributed by atoms with Crippen LogP contribution in [0.2, 0.25) is 0 Å². The van der Waals surface area contributed by atoms with Crippen molar-refractivity contribution in [3.8, 4) is 17.2 Å². The van der Waals surface area contributed by atoms with E-state index in [1.54, 1.807) is 42.5 Å². The quantitative estimate of drug-likeness (QED) is 0.213. The number of para-hydroxylation sites is 1. The van der Waals surface area contributed by atoms with E-state index in [2.05, 4.69) is 10.6 Å². The van der Waals surface area contributed by atoms with E-state index in [1.165, 1.54) is 38.5 Å². The Morgan fingerprint density at radius 1 is 0.780 bits per heavy atom. The van der Waals surface area contributed by atoms with E-state index in [-0.39, 0.29) is 29.3 Å². The molecule has 0 aliphatic carbocycles. The van der Waals surface area contributed by atoms with Gasteiger partial charge in [0.2, 0.25) is 0 Å². The normalized spacial score (nSPS) is 10.8. The van der Waals surface area contributed by atoms with Gasteiger partial charge in [0.25, 0.3) is 11.8 Å². The molecule has 3 N–H and O–H groups in total. The van der Waals surface area contributed by atoms with Gasteiger partial charge in [-0.25, -0.2) is 4.79 Å². The molecular weight excluding hydrogens is 524 g/mol. The van der Waals surface area contributed by atoms with Crippen LogP contribution in [0.5, 0.6) is 17.2 Å². The number of aromatic carboxylic acids is 1. The van der Waals surface area contributed by atoms with Crippen molar-refractivity contribution in [1.29, 1.82) is 0 Å². The van der Waals surface area contributed by atoms with E-state index in [9.17, 15) is 19.5 Å². The summed E-state index contributed by atoms with van der Waals surface area (Å²) in [6.07, 6.45) is 1.49. The zero-order valence-electron chi connectivity index (χ0n) is 22.4. The highest BCUT2D eigenvalue weighted by Crippen LogP contribution is 2.27. The summed E-state index contributed by atoms with van der Waals surface area (Å²) in [6, 6.07) is 27.2. The SMILES string of the molecule is COc1cc(/C=C(/NC(=O)c2ccccc2)C(=O)Nc2cc(C(=O)O)ccc2OC)ccc1COc1ccccc1. The highest BCUT2D eigenvalue weighted by Gasteiger charge is 2.18. The van der Waals surface area contributed by atoms with Gasteiger partial charge in [-0.1, -0.05) is 48.5 Å². The lowest BCUT2D eigenvalue weighted by Gasteiger charge is -2.15. The van der Waals surface area contributed by atoms with Crippen molar-refractivity contribution in [2.24, 2.45) is 0 Å². The van der Waals surface area contributed by atoms with Gasteiger partial charge in [-0.05, 0) is 60.2 Å². The van der Waals surface area contributed by atoms with Crippen LogP contribution in [0, 0.1) is 0 Å². The maximum Gasteiger partial charge on any atom is 0.335 e. The van der Waals surface area contributed by atoms with Gasteiger partial charge >= 0.3 is 5.97 Å². The van der Waals surface area contributed by atoms with E-state index in [0.29, 0.717) is 22.6 Å². The van der Waals surface area contributed by atoms with Crippen LogP contribution in [0.15, 0.2) is 103 Å². The molecule has 41 heavy (non-hydrogen) atoms. The number of ether oxygens (including phenoxy) is 3. The number of benzene rings is 4. The Labute approximate surface area is 237 Å². The predicted molar refractivity (Wildman–Crippen MR) is 154 cm³/mol. The van der Waals surface area contributed by atoms with Crippen molar-refractivity contribution in [2.45, 2.75) is 6.61 Å². The first-order chi connectivity index (χ1) is 19.9. The van der Waals surface area contributed by atoms with Gasteiger partial charge in [0.1, 0.15) is 29.6 Å². The number of rotatable bonds is 11. The van der Waals surface area contributed by atoms with Crippen molar-refractivity contribution in [3.05, 3.63) is 125 Å². The highest BCUT2D eigenvalue weighted by atomic mass is 16.5. The minimum atomic E-state index is -1.17. The first kappa shape index (κ1) is 28.4. The molecule has 2 amide bonds. The fourth-order valence-electron chi connectivity index (χ4n) is 3.89. The number of amides is 2. The number of anilines is 1. The smallest absolute Gasteiger partial charge is 0.335 e. The lowest BCUT2D eigenvalue weighted by atomic mass is 10.1. The molecule has 0 heterocycles. The molecule has 0 bridgehead atoms. The number of nitrogens with one attached hydrogen (secondary N) is 2. The number of hydrogen-bond donors (Lipinski definition) is 3. The molecule has 0 spiro atoms. The molecule has 0 atom stereocenters. The molecule has 9 heteroatoms. The van der Waals surface area contributed by atoms with E-state index in [0.717, 1.165) is 5.56 Å². The Bertz CT molecular complexity index is 1570. The molecule has 4 aromatic carbocycles. The molecule has 0 fully saturated rings. The standard InChI is InChI=1S/C32H28N2O7/c1-39-28-16-15-23(32(37)38)19-26(28)33-31(36)27(34-30(35)22-9-5-3-6-10-22)17-21-13-14-24(29(18-21)40-2)20-41-25-11-7-4-8-12-25/h3-19H,20H2,1-2H3,(H,33,36)(H,34,35)(H,37,38)/b27-17+. The summed E-state index contributed by atoms with van der Waals surface area (Å²) < 4.78 is 16.7.